The molecule has 2 N–H and O–H groups in total. The molecule has 106 valence electrons. The summed E-state index contributed by atoms with van der Waals surface area (Å²) in [5.41, 5.74) is 6.87. The molecule has 1 atom stereocenters. The minimum atomic E-state index is -0.0810. The van der Waals surface area contributed by atoms with Crippen molar-refractivity contribution in [3.05, 3.63) is 23.8 Å². The monoisotopic (exact) mass is 264 g/mol. The molecule has 0 radical (unpaired) electrons. The molecule has 1 aromatic rings. The average molecular weight is 264 g/mol. The summed E-state index contributed by atoms with van der Waals surface area (Å²) in [6.45, 7) is 6.55. The number of rotatable bonds is 6. The molecule has 0 heterocycles. The van der Waals surface area contributed by atoms with Gasteiger partial charge in [0.25, 0.3) is 5.91 Å². The number of ether oxygens (including phenoxy) is 1. The standard InChI is InChI=1S/C15H24N2O2/c1-5-8-11(3)17(4)15(18)14-12(16)9-7-10-13(14)19-6-2/h7,9-11H,5-6,8,16H2,1-4H3. The number of amides is 1. The van der Waals surface area contributed by atoms with Gasteiger partial charge in [-0.1, -0.05) is 19.4 Å². The first-order chi connectivity index (χ1) is 9.02. The van der Waals surface area contributed by atoms with E-state index >= 15 is 0 Å². The number of nitrogens with zero attached hydrogens (tertiary/aromatic N) is 1. The molecule has 0 bridgehead atoms. The lowest BCUT2D eigenvalue weighted by Crippen LogP contribution is -2.35. The number of hydrogen-bond donors (Lipinski definition) is 1. The van der Waals surface area contributed by atoms with Crippen molar-refractivity contribution in [1.29, 1.82) is 0 Å². The van der Waals surface area contributed by atoms with Crippen molar-refractivity contribution >= 4 is 11.6 Å². The van der Waals surface area contributed by atoms with Crippen LogP contribution in [0.5, 0.6) is 5.75 Å². The van der Waals surface area contributed by atoms with E-state index < -0.39 is 0 Å². The predicted molar refractivity (Wildman–Crippen MR) is 78.5 cm³/mol. The highest BCUT2D eigenvalue weighted by atomic mass is 16.5. The summed E-state index contributed by atoms with van der Waals surface area (Å²) in [6.07, 6.45) is 2.01. The van der Waals surface area contributed by atoms with Crippen LogP contribution in [-0.4, -0.2) is 30.5 Å². The lowest BCUT2D eigenvalue weighted by Gasteiger charge is -2.26. The summed E-state index contributed by atoms with van der Waals surface area (Å²) >= 11 is 0. The van der Waals surface area contributed by atoms with Crippen molar-refractivity contribution in [2.75, 3.05) is 19.4 Å². The van der Waals surface area contributed by atoms with Crippen molar-refractivity contribution in [2.24, 2.45) is 0 Å². The third kappa shape index (κ3) is 3.63. The molecule has 0 aromatic heterocycles. The van der Waals surface area contributed by atoms with E-state index in [-0.39, 0.29) is 11.9 Å². The van der Waals surface area contributed by atoms with Gasteiger partial charge in [0.05, 0.1) is 6.61 Å². The minimum Gasteiger partial charge on any atom is -0.493 e. The van der Waals surface area contributed by atoms with Crippen LogP contribution in [0.2, 0.25) is 0 Å². The summed E-state index contributed by atoms with van der Waals surface area (Å²) < 4.78 is 5.50. The zero-order chi connectivity index (χ0) is 14.4. The van der Waals surface area contributed by atoms with E-state index in [1.807, 2.05) is 20.9 Å². The van der Waals surface area contributed by atoms with Crippen LogP contribution in [0.3, 0.4) is 0 Å². The van der Waals surface area contributed by atoms with Crippen molar-refractivity contribution in [1.82, 2.24) is 4.90 Å². The smallest absolute Gasteiger partial charge is 0.259 e. The van der Waals surface area contributed by atoms with E-state index in [1.54, 1.807) is 23.1 Å². The summed E-state index contributed by atoms with van der Waals surface area (Å²) in [6, 6.07) is 5.50. The molecule has 0 saturated carbocycles. The summed E-state index contributed by atoms with van der Waals surface area (Å²) in [7, 11) is 1.81. The average Bonchev–Trinajstić information content (AvgIpc) is 2.38. The van der Waals surface area contributed by atoms with E-state index in [2.05, 4.69) is 6.92 Å². The molecule has 4 nitrogen and oxygen atoms in total. The molecule has 1 amide bonds. The Bertz CT molecular complexity index is 432. The van der Waals surface area contributed by atoms with E-state index in [1.165, 1.54) is 0 Å². The quantitative estimate of drug-likeness (QED) is 0.804. The second-order valence-corrected chi connectivity index (χ2v) is 4.71. The van der Waals surface area contributed by atoms with Gasteiger partial charge < -0.3 is 15.4 Å². The van der Waals surface area contributed by atoms with Crippen LogP contribution in [0.4, 0.5) is 5.69 Å². The fraction of sp³-hybridized carbons (Fsp3) is 0.533. The first-order valence-corrected chi connectivity index (χ1v) is 6.81. The maximum Gasteiger partial charge on any atom is 0.259 e. The third-order valence-electron chi connectivity index (χ3n) is 3.26. The number of hydrogen-bond acceptors (Lipinski definition) is 3. The Balaban J connectivity index is 3.04. The first-order valence-electron chi connectivity index (χ1n) is 6.81. The molecule has 0 aliphatic carbocycles. The van der Waals surface area contributed by atoms with Crippen LogP contribution in [0, 0.1) is 0 Å². The SMILES string of the molecule is CCCC(C)N(C)C(=O)c1c(N)cccc1OCC. The van der Waals surface area contributed by atoms with Gasteiger partial charge in [0, 0.05) is 18.8 Å². The van der Waals surface area contributed by atoms with Gasteiger partial charge in [-0.05, 0) is 32.4 Å². The highest BCUT2D eigenvalue weighted by Crippen LogP contribution is 2.26. The molecular weight excluding hydrogens is 240 g/mol. The molecule has 0 fully saturated rings. The fourth-order valence-electron chi connectivity index (χ4n) is 2.04. The summed E-state index contributed by atoms with van der Waals surface area (Å²) in [5.74, 6) is 0.477. The number of benzene rings is 1. The van der Waals surface area contributed by atoms with Crippen LogP contribution in [0.25, 0.3) is 0 Å². The number of nitrogens with two attached hydrogens (primary N) is 1. The van der Waals surface area contributed by atoms with Gasteiger partial charge in [0.2, 0.25) is 0 Å². The second-order valence-electron chi connectivity index (χ2n) is 4.71. The molecule has 1 aromatic carbocycles. The molecule has 0 spiro atoms. The van der Waals surface area contributed by atoms with Crippen molar-refractivity contribution in [3.8, 4) is 5.75 Å². The van der Waals surface area contributed by atoms with Crippen LogP contribution in [0.1, 0.15) is 44.0 Å². The Labute approximate surface area is 115 Å². The van der Waals surface area contributed by atoms with Gasteiger partial charge in [-0.15, -0.1) is 0 Å². The zero-order valence-electron chi connectivity index (χ0n) is 12.3. The van der Waals surface area contributed by atoms with Crippen LogP contribution >= 0.6 is 0 Å². The second kappa shape index (κ2) is 7.02. The van der Waals surface area contributed by atoms with Gasteiger partial charge >= 0.3 is 0 Å². The summed E-state index contributed by atoms with van der Waals surface area (Å²) in [4.78, 5) is 14.3. The van der Waals surface area contributed by atoms with Crippen molar-refractivity contribution < 1.29 is 9.53 Å². The topological polar surface area (TPSA) is 55.6 Å². The molecule has 4 heteroatoms. The highest BCUT2D eigenvalue weighted by Gasteiger charge is 2.22. The molecule has 0 saturated heterocycles. The normalized spacial score (nSPS) is 12.0. The maximum absolute atomic E-state index is 12.5. The van der Waals surface area contributed by atoms with Gasteiger partial charge in [0.15, 0.2) is 0 Å². The Morgan fingerprint density at radius 1 is 1.42 bits per heavy atom. The maximum atomic E-state index is 12.5. The van der Waals surface area contributed by atoms with Gasteiger partial charge in [-0.3, -0.25) is 4.79 Å². The lowest BCUT2D eigenvalue weighted by molar-refractivity contribution is 0.0734. The molecule has 19 heavy (non-hydrogen) atoms. The number of nitrogen functional groups attached to an aromatic ring is 1. The molecule has 0 aliphatic heterocycles. The van der Waals surface area contributed by atoms with Crippen LogP contribution in [0.15, 0.2) is 18.2 Å². The molecule has 1 rings (SSSR count). The van der Waals surface area contributed by atoms with E-state index in [0.717, 1.165) is 12.8 Å². The van der Waals surface area contributed by atoms with Gasteiger partial charge in [0.1, 0.15) is 11.3 Å². The number of carbonyl (C=O) groups is 1. The zero-order valence-corrected chi connectivity index (χ0v) is 12.3. The van der Waals surface area contributed by atoms with E-state index in [9.17, 15) is 4.79 Å². The Kier molecular flexibility index (Phi) is 5.67. The predicted octanol–water partition coefficient (Wildman–Crippen LogP) is 2.93. The summed E-state index contributed by atoms with van der Waals surface area (Å²) in [5, 5.41) is 0. The lowest BCUT2D eigenvalue weighted by atomic mass is 10.1. The molecule has 0 aliphatic rings. The van der Waals surface area contributed by atoms with Crippen LogP contribution in [-0.2, 0) is 0 Å². The highest BCUT2D eigenvalue weighted by molar-refractivity contribution is 6.01. The Hall–Kier alpha value is -1.71. The number of anilines is 1. The van der Waals surface area contributed by atoms with Crippen molar-refractivity contribution in [2.45, 2.75) is 39.7 Å². The molecular formula is C15H24N2O2. The molecule has 1 unspecified atom stereocenters. The third-order valence-corrected chi connectivity index (χ3v) is 3.26. The van der Waals surface area contributed by atoms with Crippen LogP contribution < -0.4 is 10.5 Å². The van der Waals surface area contributed by atoms with E-state index in [0.29, 0.717) is 23.6 Å². The Morgan fingerprint density at radius 2 is 2.11 bits per heavy atom. The van der Waals surface area contributed by atoms with Crippen molar-refractivity contribution in [3.63, 3.8) is 0 Å². The first kappa shape index (κ1) is 15.3. The fourth-order valence-corrected chi connectivity index (χ4v) is 2.04. The number of carbonyl (C=O) groups excluding carboxylic acids is 1. The van der Waals surface area contributed by atoms with Gasteiger partial charge in [-0.2, -0.15) is 0 Å². The minimum absolute atomic E-state index is 0.0810. The Morgan fingerprint density at radius 3 is 2.68 bits per heavy atom. The van der Waals surface area contributed by atoms with E-state index in [4.69, 9.17) is 10.5 Å². The largest absolute Gasteiger partial charge is 0.493 e. The van der Waals surface area contributed by atoms with Gasteiger partial charge in [-0.25, -0.2) is 0 Å².